The Labute approximate surface area is 159 Å². The van der Waals surface area contributed by atoms with Crippen molar-refractivity contribution in [1.82, 2.24) is 19.7 Å². The Morgan fingerprint density at radius 2 is 2.04 bits per heavy atom. The minimum atomic E-state index is -0.257. The van der Waals surface area contributed by atoms with Gasteiger partial charge in [0.2, 0.25) is 5.95 Å². The van der Waals surface area contributed by atoms with Crippen LogP contribution in [0.1, 0.15) is 5.56 Å². The number of anilines is 1. The van der Waals surface area contributed by atoms with Crippen molar-refractivity contribution in [2.24, 2.45) is 0 Å². The highest BCUT2D eigenvalue weighted by Crippen LogP contribution is 2.23. The summed E-state index contributed by atoms with van der Waals surface area (Å²) in [5, 5.41) is 8.44. The molecule has 0 amide bonds. The summed E-state index contributed by atoms with van der Waals surface area (Å²) in [7, 11) is 1.58. The molecule has 2 heterocycles. The first-order valence-electron chi connectivity index (χ1n) is 8.25. The van der Waals surface area contributed by atoms with Crippen LogP contribution in [0, 0.1) is 0 Å². The quantitative estimate of drug-likeness (QED) is 0.553. The molecule has 7 nitrogen and oxygen atoms in total. The summed E-state index contributed by atoms with van der Waals surface area (Å²) in [6.45, 7) is 0.411. The molecule has 0 aliphatic rings. The number of nitrogens with zero attached hydrogens (tertiary/aromatic N) is 3. The number of methoxy groups -OCH3 is 1. The number of aromatic amines is 1. The van der Waals surface area contributed by atoms with Gasteiger partial charge in [-0.25, -0.2) is 4.68 Å². The molecule has 136 valence electrons. The summed E-state index contributed by atoms with van der Waals surface area (Å²) in [6, 6.07) is 14.9. The lowest BCUT2D eigenvalue weighted by atomic mass is 10.2. The average Bonchev–Trinajstić information content (AvgIpc) is 3.12. The molecule has 0 saturated heterocycles. The molecule has 0 unspecified atom stereocenters. The number of fused-ring (bicyclic) bond motifs is 1. The number of hydrogen-bond acceptors (Lipinski definition) is 5. The van der Waals surface area contributed by atoms with Crippen LogP contribution in [0.15, 0.2) is 59.5 Å². The molecule has 8 heteroatoms. The third-order valence-electron chi connectivity index (χ3n) is 4.13. The number of aromatic nitrogens is 4. The van der Waals surface area contributed by atoms with E-state index < -0.39 is 0 Å². The van der Waals surface area contributed by atoms with Crippen LogP contribution in [0.4, 0.5) is 5.95 Å². The minimum absolute atomic E-state index is 0.257. The van der Waals surface area contributed by atoms with Crippen LogP contribution in [-0.4, -0.2) is 26.9 Å². The summed E-state index contributed by atoms with van der Waals surface area (Å²) >= 11 is 5.99. The number of para-hydroxylation sites is 1. The summed E-state index contributed by atoms with van der Waals surface area (Å²) in [5.74, 6) is 1.01. The maximum absolute atomic E-state index is 12.4. The zero-order chi connectivity index (χ0) is 18.8. The van der Waals surface area contributed by atoms with E-state index in [1.165, 1.54) is 6.20 Å². The predicted octanol–water partition coefficient (Wildman–Crippen LogP) is 3.38. The lowest BCUT2D eigenvalue weighted by molar-refractivity contribution is 0.410. The van der Waals surface area contributed by atoms with E-state index in [0.717, 1.165) is 11.3 Å². The fraction of sp³-hybridized carbons (Fsp3) is 0.105. The van der Waals surface area contributed by atoms with Crippen LogP contribution < -0.4 is 15.6 Å². The molecule has 0 aliphatic carbocycles. The summed E-state index contributed by atoms with van der Waals surface area (Å²) in [4.78, 5) is 19.7. The van der Waals surface area contributed by atoms with Gasteiger partial charge in [-0.05, 0) is 24.3 Å². The van der Waals surface area contributed by atoms with E-state index in [9.17, 15) is 4.79 Å². The smallest absolute Gasteiger partial charge is 0.263 e. The first-order valence-corrected chi connectivity index (χ1v) is 8.63. The second-order valence-electron chi connectivity index (χ2n) is 5.85. The van der Waals surface area contributed by atoms with Crippen molar-refractivity contribution in [3.8, 4) is 11.4 Å². The Bertz CT molecular complexity index is 1150. The standard InChI is InChI=1S/C19H16ClN5O2/c1-27-16-9-13(20)8-7-12(16)10-21-19-23-17-15(18(26)24-19)11-22-25(17)14-5-3-2-4-6-14/h2-9,11H,10H2,1H3,(H2,21,23,24,26). The number of nitrogens with one attached hydrogen (secondary N) is 2. The van der Waals surface area contributed by atoms with Crippen molar-refractivity contribution in [3.05, 3.63) is 75.7 Å². The van der Waals surface area contributed by atoms with Crippen LogP contribution in [0.3, 0.4) is 0 Å². The van der Waals surface area contributed by atoms with Gasteiger partial charge in [0.15, 0.2) is 5.65 Å². The minimum Gasteiger partial charge on any atom is -0.496 e. The van der Waals surface area contributed by atoms with Crippen LogP contribution in [0.2, 0.25) is 5.02 Å². The van der Waals surface area contributed by atoms with E-state index >= 15 is 0 Å². The molecule has 0 fully saturated rings. The third kappa shape index (κ3) is 3.37. The molecule has 0 spiro atoms. The van der Waals surface area contributed by atoms with Gasteiger partial charge in [0.1, 0.15) is 11.1 Å². The average molecular weight is 382 g/mol. The Morgan fingerprint density at radius 1 is 1.22 bits per heavy atom. The van der Waals surface area contributed by atoms with Crippen LogP contribution >= 0.6 is 11.6 Å². The van der Waals surface area contributed by atoms with Crippen molar-refractivity contribution in [2.75, 3.05) is 12.4 Å². The maximum Gasteiger partial charge on any atom is 0.263 e. The van der Waals surface area contributed by atoms with E-state index in [-0.39, 0.29) is 5.56 Å². The van der Waals surface area contributed by atoms with E-state index in [1.54, 1.807) is 23.9 Å². The summed E-state index contributed by atoms with van der Waals surface area (Å²) < 4.78 is 6.98. The predicted molar refractivity (Wildman–Crippen MR) is 105 cm³/mol. The number of rotatable bonds is 5. The Morgan fingerprint density at radius 3 is 2.81 bits per heavy atom. The molecule has 2 aromatic carbocycles. The molecule has 0 radical (unpaired) electrons. The summed E-state index contributed by atoms with van der Waals surface area (Å²) in [6.07, 6.45) is 1.51. The zero-order valence-electron chi connectivity index (χ0n) is 14.4. The van der Waals surface area contributed by atoms with Gasteiger partial charge in [-0.2, -0.15) is 10.1 Å². The fourth-order valence-corrected chi connectivity index (χ4v) is 2.97. The molecule has 4 aromatic rings. The molecule has 4 rings (SSSR count). The fourth-order valence-electron chi connectivity index (χ4n) is 2.80. The Kier molecular flexibility index (Phi) is 4.52. The number of halogens is 1. The monoisotopic (exact) mass is 381 g/mol. The largest absolute Gasteiger partial charge is 0.496 e. The number of hydrogen-bond donors (Lipinski definition) is 2. The second-order valence-corrected chi connectivity index (χ2v) is 6.29. The second kappa shape index (κ2) is 7.13. The Balaban J connectivity index is 1.68. The number of ether oxygens (including phenoxy) is 1. The molecule has 27 heavy (non-hydrogen) atoms. The van der Waals surface area contributed by atoms with Crippen LogP contribution in [-0.2, 0) is 6.54 Å². The topological polar surface area (TPSA) is 84.8 Å². The maximum atomic E-state index is 12.4. The molecule has 2 N–H and O–H groups in total. The third-order valence-corrected chi connectivity index (χ3v) is 4.37. The summed E-state index contributed by atoms with van der Waals surface area (Å²) in [5.41, 5.74) is 1.94. The molecule has 0 saturated carbocycles. The molecular weight excluding hydrogens is 366 g/mol. The first-order chi connectivity index (χ1) is 13.2. The molecule has 0 atom stereocenters. The molecule has 0 bridgehead atoms. The van der Waals surface area contributed by atoms with Gasteiger partial charge >= 0.3 is 0 Å². The first kappa shape index (κ1) is 17.1. The van der Waals surface area contributed by atoms with E-state index in [4.69, 9.17) is 16.3 Å². The van der Waals surface area contributed by atoms with Crippen molar-refractivity contribution in [3.63, 3.8) is 0 Å². The number of benzene rings is 2. The van der Waals surface area contributed by atoms with Crippen molar-refractivity contribution < 1.29 is 4.74 Å². The zero-order valence-corrected chi connectivity index (χ0v) is 15.2. The van der Waals surface area contributed by atoms with Gasteiger partial charge in [-0.3, -0.25) is 9.78 Å². The van der Waals surface area contributed by atoms with Gasteiger partial charge < -0.3 is 10.1 Å². The van der Waals surface area contributed by atoms with Gasteiger partial charge in [-0.15, -0.1) is 0 Å². The highest BCUT2D eigenvalue weighted by molar-refractivity contribution is 6.30. The van der Waals surface area contributed by atoms with Gasteiger partial charge in [-0.1, -0.05) is 35.9 Å². The lowest BCUT2D eigenvalue weighted by Gasteiger charge is -2.10. The highest BCUT2D eigenvalue weighted by Gasteiger charge is 2.12. The van der Waals surface area contributed by atoms with Crippen LogP contribution in [0.5, 0.6) is 5.75 Å². The van der Waals surface area contributed by atoms with E-state index in [0.29, 0.717) is 34.3 Å². The van der Waals surface area contributed by atoms with Gasteiger partial charge in [0.05, 0.1) is 19.0 Å². The SMILES string of the molecule is COc1cc(Cl)ccc1CNc1nc2c(cnn2-c2ccccc2)c(=O)[nH]1. The van der Waals surface area contributed by atoms with Gasteiger partial charge in [0, 0.05) is 17.1 Å². The van der Waals surface area contributed by atoms with Gasteiger partial charge in [0.25, 0.3) is 5.56 Å². The van der Waals surface area contributed by atoms with Crippen molar-refractivity contribution in [1.29, 1.82) is 0 Å². The van der Waals surface area contributed by atoms with Crippen LogP contribution in [0.25, 0.3) is 16.7 Å². The lowest BCUT2D eigenvalue weighted by Crippen LogP contribution is -2.14. The number of H-pyrrole nitrogens is 1. The Hall–Kier alpha value is -3.32. The molecule has 0 aliphatic heterocycles. The van der Waals surface area contributed by atoms with Crippen molar-refractivity contribution >= 4 is 28.6 Å². The normalized spacial score (nSPS) is 10.9. The van der Waals surface area contributed by atoms with E-state index in [2.05, 4.69) is 20.4 Å². The molecular formula is C19H16ClN5O2. The molecule has 2 aromatic heterocycles. The van der Waals surface area contributed by atoms with E-state index in [1.807, 2.05) is 36.4 Å². The highest BCUT2D eigenvalue weighted by atomic mass is 35.5. The van der Waals surface area contributed by atoms with Crippen molar-refractivity contribution in [2.45, 2.75) is 6.54 Å².